The molecule has 1 aliphatic carbocycles. The maximum Gasteiger partial charge on any atom is 0.408 e. The fourth-order valence-corrected chi connectivity index (χ4v) is 2.97. The van der Waals surface area contributed by atoms with Crippen molar-refractivity contribution in [2.45, 2.75) is 91.3 Å². The van der Waals surface area contributed by atoms with Gasteiger partial charge in [0.1, 0.15) is 11.6 Å². The predicted molar refractivity (Wildman–Crippen MR) is 92.2 cm³/mol. The minimum atomic E-state index is -0.569. The van der Waals surface area contributed by atoms with Crippen LogP contribution in [0.3, 0.4) is 0 Å². The number of carbonyl (C=O) groups is 2. The summed E-state index contributed by atoms with van der Waals surface area (Å²) in [6.45, 7) is 11.7. The van der Waals surface area contributed by atoms with E-state index in [9.17, 15) is 9.59 Å². The summed E-state index contributed by atoms with van der Waals surface area (Å²) in [5.41, 5.74) is -0.569. The van der Waals surface area contributed by atoms with Gasteiger partial charge in [-0.2, -0.15) is 0 Å². The second-order valence-electron chi connectivity index (χ2n) is 8.21. The molecule has 0 aromatic heterocycles. The van der Waals surface area contributed by atoms with Gasteiger partial charge in [-0.05, 0) is 51.9 Å². The lowest BCUT2D eigenvalue weighted by atomic mass is 9.85. The van der Waals surface area contributed by atoms with Gasteiger partial charge in [0.25, 0.3) is 0 Å². The fraction of sp³-hybridized carbons (Fsp3) is 0.889. The first kappa shape index (κ1) is 19.8. The van der Waals surface area contributed by atoms with Crippen molar-refractivity contribution in [3.05, 3.63) is 0 Å². The molecular formula is C18H34N2O3. The first-order chi connectivity index (χ1) is 10.6. The molecule has 0 unspecified atom stereocenters. The van der Waals surface area contributed by atoms with Gasteiger partial charge < -0.3 is 15.4 Å². The van der Waals surface area contributed by atoms with Crippen molar-refractivity contribution >= 4 is 12.0 Å². The molecule has 0 aromatic rings. The zero-order valence-electron chi connectivity index (χ0n) is 15.6. The van der Waals surface area contributed by atoms with E-state index in [1.807, 2.05) is 34.6 Å². The molecule has 0 aliphatic heterocycles. The molecule has 0 spiro atoms. The lowest BCUT2D eigenvalue weighted by Gasteiger charge is -2.31. The number of alkyl carbamates (subject to hydrolysis) is 1. The van der Waals surface area contributed by atoms with Crippen LogP contribution >= 0.6 is 0 Å². The van der Waals surface area contributed by atoms with Crippen LogP contribution < -0.4 is 10.6 Å². The van der Waals surface area contributed by atoms with Crippen molar-refractivity contribution in [1.82, 2.24) is 10.6 Å². The maximum absolute atomic E-state index is 12.6. The van der Waals surface area contributed by atoms with Crippen LogP contribution in [-0.4, -0.2) is 29.7 Å². The number of hydrogen-bond donors (Lipinski definition) is 2. The van der Waals surface area contributed by atoms with Gasteiger partial charge in [0, 0.05) is 6.04 Å². The van der Waals surface area contributed by atoms with Crippen LogP contribution in [0.4, 0.5) is 4.79 Å². The maximum atomic E-state index is 12.6. The zero-order chi connectivity index (χ0) is 17.6. The second kappa shape index (κ2) is 8.55. The van der Waals surface area contributed by atoms with Gasteiger partial charge in [0.2, 0.25) is 5.91 Å². The lowest BCUT2D eigenvalue weighted by Crippen LogP contribution is -2.52. The largest absolute Gasteiger partial charge is 0.444 e. The highest BCUT2D eigenvalue weighted by Gasteiger charge is 2.29. The van der Waals surface area contributed by atoms with E-state index in [4.69, 9.17) is 4.74 Å². The molecule has 1 aliphatic rings. The molecule has 5 nitrogen and oxygen atoms in total. The van der Waals surface area contributed by atoms with Crippen LogP contribution in [0.2, 0.25) is 0 Å². The normalized spacial score (nSPS) is 23.3. The van der Waals surface area contributed by atoms with Gasteiger partial charge in [-0.1, -0.05) is 33.6 Å². The summed E-state index contributed by atoms with van der Waals surface area (Å²) in [5.74, 6) is 0.710. The number of ether oxygens (including phenoxy) is 1. The van der Waals surface area contributed by atoms with E-state index in [2.05, 4.69) is 17.6 Å². The Hall–Kier alpha value is -1.26. The molecule has 2 N–H and O–H groups in total. The van der Waals surface area contributed by atoms with Gasteiger partial charge in [0.15, 0.2) is 0 Å². The third kappa shape index (κ3) is 7.71. The van der Waals surface area contributed by atoms with E-state index >= 15 is 0 Å². The second-order valence-corrected chi connectivity index (χ2v) is 8.21. The van der Waals surface area contributed by atoms with E-state index in [1.165, 1.54) is 6.42 Å². The first-order valence-corrected chi connectivity index (χ1v) is 8.88. The summed E-state index contributed by atoms with van der Waals surface area (Å²) in [6, 6.07) is -0.328. The average molecular weight is 326 g/mol. The van der Waals surface area contributed by atoms with Gasteiger partial charge in [-0.15, -0.1) is 0 Å². The Kier molecular flexibility index (Phi) is 7.36. The highest BCUT2D eigenvalue weighted by Crippen LogP contribution is 2.24. The molecule has 0 bridgehead atoms. The number of carbonyl (C=O) groups excluding carboxylic acids is 2. The number of hydrogen-bond acceptors (Lipinski definition) is 3. The molecule has 1 fully saturated rings. The van der Waals surface area contributed by atoms with Crippen molar-refractivity contribution in [3.63, 3.8) is 0 Å². The van der Waals surface area contributed by atoms with Crippen LogP contribution in [0.5, 0.6) is 0 Å². The molecule has 0 heterocycles. The minimum absolute atomic E-state index is 0.0942. The number of nitrogens with one attached hydrogen (secondary N) is 2. The molecule has 3 atom stereocenters. The van der Waals surface area contributed by atoms with E-state index in [0.717, 1.165) is 19.3 Å². The van der Waals surface area contributed by atoms with Crippen molar-refractivity contribution in [1.29, 1.82) is 0 Å². The molecule has 134 valence electrons. The van der Waals surface area contributed by atoms with Crippen molar-refractivity contribution in [2.24, 2.45) is 11.8 Å². The summed E-state index contributed by atoms with van der Waals surface area (Å²) in [4.78, 5) is 24.6. The van der Waals surface area contributed by atoms with Gasteiger partial charge >= 0.3 is 6.09 Å². The van der Waals surface area contributed by atoms with Crippen LogP contribution in [-0.2, 0) is 9.53 Å². The summed E-state index contributed by atoms with van der Waals surface area (Å²) < 4.78 is 5.28. The van der Waals surface area contributed by atoms with Gasteiger partial charge in [-0.3, -0.25) is 4.79 Å². The monoisotopic (exact) mass is 326 g/mol. The predicted octanol–water partition coefficient (Wildman–Crippen LogP) is 3.62. The summed E-state index contributed by atoms with van der Waals surface area (Å²) in [7, 11) is 0. The molecule has 1 saturated carbocycles. The van der Waals surface area contributed by atoms with E-state index in [1.54, 1.807) is 0 Å². The zero-order valence-corrected chi connectivity index (χ0v) is 15.6. The molecular weight excluding hydrogens is 292 g/mol. The van der Waals surface area contributed by atoms with Gasteiger partial charge in [0.05, 0.1) is 0 Å². The third-order valence-corrected chi connectivity index (χ3v) is 4.15. The van der Waals surface area contributed by atoms with Crippen LogP contribution in [0.15, 0.2) is 0 Å². The molecule has 23 heavy (non-hydrogen) atoms. The SMILES string of the molecule is CC(C)C[C@H](NC(=O)OC(C)(C)C)C(=O)N[C@H]1CCCC[C@H]1C. The van der Waals surface area contributed by atoms with Crippen LogP contribution in [0.1, 0.15) is 73.6 Å². The van der Waals surface area contributed by atoms with Gasteiger partial charge in [-0.25, -0.2) is 4.79 Å². The highest BCUT2D eigenvalue weighted by molar-refractivity contribution is 5.85. The van der Waals surface area contributed by atoms with Crippen LogP contribution in [0.25, 0.3) is 0 Å². The quantitative estimate of drug-likeness (QED) is 0.811. The van der Waals surface area contributed by atoms with Crippen molar-refractivity contribution in [2.75, 3.05) is 0 Å². The van der Waals surface area contributed by atoms with Crippen LogP contribution in [0, 0.1) is 11.8 Å². The Balaban J connectivity index is 2.64. The van der Waals surface area contributed by atoms with E-state index in [0.29, 0.717) is 18.3 Å². The summed E-state index contributed by atoms with van der Waals surface area (Å²) >= 11 is 0. The molecule has 0 aromatic carbocycles. The van der Waals surface area contributed by atoms with E-state index < -0.39 is 17.7 Å². The third-order valence-electron chi connectivity index (χ3n) is 4.15. The fourth-order valence-electron chi connectivity index (χ4n) is 2.97. The Bertz CT molecular complexity index is 402. The Morgan fingerprint density at radius 1 is 1.17 bits per heavy atom. The number of amides is 2. The summed E-state index contributed by atoms with van der Waals surface area (Å²) in [5, 5.41) is 5.87. The molecule has 0 saturated heterocycles. The highest BCUT2D eigenvalue weighted by atomic mass is 16.6. The topological polar surface area (TPSA) is 67.4 Å². The molecule has 1 rings (SSSR count). The smallest absolute Gasteiger partial charge is 0.408 e. The molecule has 0 radical (unpaired) electrons. The standard InChI is InChI=1S/C18H34N2O3/c1-12(2)11-15(20-17(22)23-18(4,5)6)16(21)19-14-10-8-7-9-13(14)3/h12-15H,7-11H2,1-6H3,(H,19,21)(H,20,22)/t13-,14+,15+/m1/s1. The first-order valence-electron chi connectivity index (χ1n) is 8.88. The molecule has 5 heteroatoms. The molecule has 2 amide bonds. The summed E-state index contributed by atoms with van der Waals surface area (Å²) in [6.07, 6.45) is 4.64. The van der Waals surface area contributed by atoms with Crippen molar-refractivity contribution < 1.29 is 14.3 Å². The van der Waals surface area contributed by atoms with Crippen molar-refractivity contribution in [3.8, 4) is 0 Å². The average Bonchev–Trinajstić information content (AvgIpc) is 2.37. The minimum Gasteiger partial charge on any atom is -0.444 e. The Labute approximate surface area is 140 Å². The Morgan fingerprint density at radius 3 is 2.30 bits per heavy atom. The van der Waals surface area contributed by atoms with E-state index in [-0.39, 0.29) is 11.9 Å². The number of rotatable bonds is 5. The lowest BCUT2D eigenvalue weighted by molar-refractivity contribution is -0.124. The Morgan fingerprint density at radius 2 is 1.78 bits per heavy atom.